The zero-order valence-corrected chi connectivity index (χ0v) is 14.8. The van der Waals surface area contributed by atoms with Crippen LogP contribution in [0.5, 0.6) is 0 Å². The summed E-state index contributed by atoms with van der Waals surface area (Å²) in [5.74, 6) is -0.0621. The van der Waals surface area contributed by atoms with Crippen molar-refractivity contribution >= 4 is 5.97 Å². The van der Waals surface area contributed by atoms with E-state index in [0.717, 1.165) is 18.4 Å². The summed E-state index contributed by atoms with van der Waals surface area (Å²) in [5, 5.41) is 0. The summed E-state index contributed by atoms with van der Waals surface area (Å²) in [6.45, 7) is 8.90. The number of ether oxygens (including phenoxy) is 1. The van der Waals surface area contributed by atoms with Crippen molar-refractivity contribution in [3.05, 3.63) is 34.4 Å². The van der Waals surface area contributed by atoms with Crippen molar-refractivity contribution in [2.75, 3.05) is 0 Å². The summed E-state index contributed by atoms with van der Waals surface area (Å²) in [5.41, 5.74) is 4.83. The molecule has 0 aliphatic rings. The van der Waals surface area contributed by atoms with Crippen LogP contribution in [0.3, 0.4) is 0 Å². The number of aryl methyl sites for hydroxylation is 3. The first-order valence-corrected chi connectivity index (χ1v) is 8.77. The van der Waals surface area contributed by atoms with Gasteiger partial charge in [0.1, 0.15) is 6.61 Å². The van der Waals surface area contributed by atoms with Crippen LogP contribution in [0.2, 0.25) is 0 Å². The average molecular weight is 304 g/mol. The Morgan fingerprint density at radius 1 is 0.909 bits per heavy atom. The lowest BCUT2D eigenvalue weighted by Crippen LogP contribution is -2.06. The van der Waals surface area contributed by atoms with E-state index in [1.165, 1.54) is 48.8 Å². The van der Waals surface area contributed by atoms with E-state index in [1.807, 2.05) is 0 Å². The van der Waals surface area contributed by atoms with Crippen molar-refractivity contribution in [1.82, 2.24) is 0 Å². The fraction of sp³-hybridized carbons (Fsp3) is 0.650. The topological polar surface area (TPSA) is 26.3 Å². The van der Waals surface area contributed by atoms with E-state index >= 15 is 0 Å². The molecule has 22 heavy (non-hydrogen) atoms. The first kappa shape index (κ1) is 18.7. The summed E-state index contributed by atoms with van der Waals surface area (Å²) >= 11 is 0. The Bertz CT molecular complexity index is 440. The number of hydrogen-bond donors (Lipinski definition) is 0. The number of hydrogen-bond acceptors (Lipinski definition) is 2. The van der Waals surface area contributed by atoms with E-state index in [0.29, 0.717) is 13.0 Å². The molecular formula is C20H32O2. The van der Waals surface area contributed by atoms with Crippen LogP contribution < -0.4 is 0 Å². The molecule has 124 valence electrons. The molecule has 0 spiro atoms. The third-order valence-corrected chi connectivity index (χ3v) is 4.20. The molecule has 0 unspecified atom stereocenters. The minimum Gasteiger partial charge on any atom is -0.461 e. The quantitative estimate of drug-likeness (QED) is 0.403. The lowest BCUT2D eigenvalue weighted by molar-refractivity contribution is -0.145. The molecule has 0 aromatic heterocycles. The number of carbonyl (C=O) groups is 1. The molecule has 2 nitrogen and oxygen atoms in total. The van der Waals surface area contributed by atoms with Gasteiger partial charge < -0.3 is 4.74 Å². The third-order valence-electron chi connectivity index (χ3n) is 4.20. The van der Waals surface area contributed by atoms with Crippen LogP contribution in [-0.4, -0.2) is 5.97 Å². The van der Waals surface area contributed by atoms with Gasteiger partial charge in [-0.15, -0.1) is 0 Å². The average Bonchev–Trinajstić information content (AvgIpc) is 2.45. The number of benzene rings is 1. The predicted octanol–water partition coefficient (Wildman–Crippen LogP) is 5.80. The highest BCUT2D eigenvalue weighted by molar-refractivity contribution is 5.69. The van der Waals surface area contributed by atoms with E-state index < -0.39 is 0 Å². The van der Waals surface area contributed by atoms with Gasteiger partial charge in [-0.1, -0.05) is 63.1 Å². The smallest absolute Gasteiger partial charge is 0.306 e. The zero-order valence-electron chi connectivity index (χ0n) is 14.8. The number of unbranched alkanes of at least 4 members (excludes halogenated alkanes) is 6. The van der Waals surface area contributed by atoms with Crippen LogP contribution >= 0.6 is 0 Å². The van der Waals surface area contributed by atoms with Crippen LogP contribution in [-0.2, 0) is 16.1 Å². The Labute approximate surface area is 136 Å². The van der Waals surface area contributed by atoms with Gasteiger partial charge in [0.15, 0.2) is 0 Å². The molecule has 2 heteroatoms. The van der Waals surface area contributed by atoms with Crippen LogP contribution in [0.1, 0.15) is 80.5 Å². The molecule has 0 aliphatic carbocycles. The largest absolute Gasteiger partial charge is 0.461 e. The Morgan fingerprint density at radius 3 is 2.05 bits per heavy atom. The lowest BCUT2D eigenvalue weighted by Gasteiger charge is -2.12. The van der Waals surface area contributed by atoms with E-state index in [9.17, 15) is 4.79 Å². The van der Waals surface area contributed by atoms with E-state index in [1.54, 1.807) is 0 Å². The highest BCUT2D eigenvalue weighted by atomic mass is 16.5. The Morgan fingerprint density at radius 2 is 1.45 bits per heavy atom. The van der Waals surface area contributed by atoms with Crippen molar-refractivity contribution in [1.29, 1.82) is 0 Å². The van der Waals surface area contributed by atoms with Gasteiger partial charge in [0.2, 0.25) is 0 Å². The molecule has 0 aliphatic heterocycles. The number of carbonyl (C=O) groups excluding carboxylic acids is 1. The molecule has 0 saturated heterocycles. The Balaban J connectivity index is 2.21. The first-order chi connectivity index (χ1) is 10.5. The van der Waals surface area contributed by atoms with Gasteiger partial charge in [-0.2, -0.15) is 0 Å². The normalized spacial score (nSPS) is 10.7. The lowest BCUT2D eigenvalue weighted by atomic mass is 10.0. The third kappa shape index (κ3) is 7.11. The summed E-state index contributed by atoms with van der Waals surface area (Å²) in [4.78, 5) is 11.8. The highest BCUT2D eigenvalue weighted by Crippen LogP contribution is 2.18. The predicted molar refractivity (Wildman–Crippen MR) is 93.1 cm³/mol. The summed E-state index contributed by atoms with van der Waals surface area (Å²) in [7, 11) is 0. The molecule has 0 saturated carbocycles. The Hall–Kier alpha value is -1.31. The minimum atomic E-state index is -0.0621. The molecule has 0 bridgehead atoms. The fourth-order valence-electron chi connectivity index (χ4n) is 2.89. The van der Waals surface area contributed by atoms with Crippen molar-refractivity contribution < 1.29 is 9.53 Å². The van der Waals surface area contributed by atoms with Crippen molar-refractivity contribution in [3.63, 3.8) is 0 Å². The molecule has 0 amide bonds. The van der Waals surface area contributed by atoms with Gasteiger partial charge in [0, 0.05) is 6.42 Å². The zero-order chi connectivity index (χ0) is 16.4. The second-order valence-electron chi connectivity index (χ2n) is 6.41. The SMILES string of the molecule is CCCCCCCCCC(=O)OCc1c(C)cc(C)cc1C. The monoisotopic (exact) mass is 304 g/mol. The van der Waals surface area contributed by atoms with Gasteiger partial charge >= 0.3 is 5.97 Å². The molecule has 0 N–H and O–H groups in total. The first-order valence-electron chi connectivity index (χ1n) is 8.77. The summed E-state index contributed by atoms with van der Waals surface area (Å²) in [6.07, 6.45) is 9.12. The van der Waals surface area contributed by atoms with Crippen LogP contribution in [0.4, 0.5) is 0 Å². The molecule has 0 heterocycles. The van der Waals surface area contributed by atoms with E-state index in [4.69, 9.17) is 4.74 Å². The van der Waals surface area contributed by atoms with E-state index in [-0.39, 0.29) is 5.97 Å². The fourth-order valence-corrected chi connectivity index (χ4v) is 2.89. The van der Waals surface area contributed by atoms with Crippen LogP contribution in [0.25, 0.3) is 0 Å². The summed E-state index contributed by atoms with van der Waals surface area (Å²) in [6, 6.07) is 4.29. The number of rotatable bonds is 10. The van der Waals surface area contributed by atoms with E-state index in [2.05, 4.69) is 39.8 Å². The van der Waals surface area contributed by atoms with Gasteiger partial charge in [-0.25, -0.2) is 0 Å². The van der Waals surface area contributed by atoms with Crippen LogP contribution in [0, 0.1) is 20.8 Å². The maximum Gasteiger partial charge on any atom is 0.306 e. The molecule has 0 atom stereocenters. The second kappa shape index (κ2) is 10.4. The van der Waals surface area contributed by atoms with Crippen molar-refractivity contribution in [2.24, 2.45) is 0 Å². The molecule has 1 rings (SSSR count). The molecule has 0 fully saturated rings. The standard InChI is InChI=1S/C20H32O2/c1-5-6-7-8-9-10-11-12-20(21)22-15-19-17(3)13-16(2)14-18(19)4/h13-14H,5-12,15H2,1-4H3. The van der Waals surface area contributed by atoms with Gasteiger partial charge in [0.25, 0.3) is 0 Å². The van der Waals surface area contributed by atoms with Gasteiger partial charge in [-0.3, -0.25) is 4.79 Å². The minimum absolute atomic E-state index is 0.0621. The molecule has 1 aromatic rings. The van der Waals surface area contributed by atoms with Gasteiger partial charge in [-0.05, 0) is 43.9 Å². The summed E-state index contributed by atoms with van der Waals surface area (Å²) < 4.78 is 5.44. The number of esters is 1. The maximum atomic E-state index is 11.8. The molecule has 0 radical (unpaired) electrons. The van der Waals surface area contributed by atoms with Gasteiger partial charge in [0.05, 0.1) is 0 Å². The highest BCUT2D eigenvalue weighted by Gasteiger charge is 2.08. The second-order valence-corrected chi connectivity index (χ2v) is 6.41. The molecular weight excluding hydrogens is 272 g/mol. The van der Waals surface area contributed by atoms with Crippen molar-refractivity contribution in [2.45, 2.75) is 85.7 Å². The van der Waals surface area contributed by atoms with Crippen LogP contribution in [0.15, 0.2) is 12.1 Å². The van der Waals surface area contributed by atoms with Crippen molar-refractivity contribution in [3.8, 4) is 0 Å². The Kier molecular flexibility index (Phi) is 8.88. The maximum absolute atomic E-state index is 11.8. The molecule has 1 aromatic carbocycles.